The first-order chi connectivity index (χ1) is 11.3. The van der Waals surface area contributed by atoms with Crippen LogP contribution in [0.5, 0.6) is 5.75 Å². The van der Waals surface area contributed by atoms with E-state index in [4.69, 9.17) is 14.2 Å². The van der Waals surface area contributed by atoms with Crippen LogP contribution >= 0.6 is 0 Å². The minimum absolute atomic E-state index is 0.544. The molecule has 0 saturated carbocycles. The van der Waals surface area contributed by atoms with Gasteiger partial charge in [-0.2, -0.15) is 0 Å². The predicted octanol–water partition coefficient (Wildman–Crippen LogP) is 3.93. The molecule has 2 aromatic carbocycles. The zero-order valence-electron chi connectivity index (χ0n) is 13.7. The van der Waals surface area contributed by atoms with E-state index in [1.165, 1.54) is 21.9 Å². The first-order valence-electron chi connectivity index (χ1n) is 8.07. The number of benzene rings is 2. The molecule has 0 saturated heterocycles. The van der Waals surface area contributed by atoms with Crippen LogP contribution in [0.4, 0.5) is 0 Å². The maximum Gasteiger partial charge on any atom is 0.124 e. The summed E-state index contributed by atoms with van der Waals surface area (Å²) in [6.07, 6.45) is 0.921. The van der Waals surface area contributed by atoms with E-state index < -0.39 is 0 Å². The second kappa shape index (κ2) is 7.49. The molecule has 0 aliphatic heterocycles. The summed E-state index contributed by atoms with van der Waals surface area (Å²) < 4.78 is 16.3. The molecular weight excluding hydrogens is 290 g/mol. The van der Waals surface area contributed by atoms with Gasteiger partial charge in [-0.05, 0) is 24.6 Å². The molecule has 0 spiro atoms. The van der Waals surface area contributed by atoms with E-state index in [9.17, 15) is 0 Å². The lowest BCUT2D eigenvalue weighted by Gasteiger charge is -2.12. The highest BCUT2D eigenvalue weighted by Crippen LogP contribution is 2.33. The number of hydrogen-bond acceptors (Lipinski definition) is 3. The number of aromatic nitrogens is 1. The van der Waals surface area contributed by atoms with Crippen LogP contribution in [0.3, 0.4) is 0 Å². The Hall–Kier alpha value is -2.04. The molecule has 0 aliphatic carbocycles. The highest BCUT2D eigenvalue weighted by molar-refractivity contribution is 6.08. The van der Waals surface area contributed by atoms with E-state index in [0.717, 1.165) is 17.7 Å². The number of ether oxygens (including phenoxy) is 3. The Balaban J connectivity index is 1.79. The van der Waals surface area contributed by atoms with Crippen LogP contribution < -0.4 is 4.74 Å². The summed E-state index contributed by atoms with van der Waals surface area (Å²) in [4.78, 5) is 3.53. The lowest BCUT2D eigenvalue weighted by molar-refractivity contribution is 0.0543. The number of nitrogens with one attached hydrogen (secondary N) is 1. The van der Waals surface area contributed by atoms with Gasteiger partial charge in [0.15, 0.2) is 0 Å². The number of aryl methyl sites for hydroxylation is 1. The number of hydrogen-bond donors (Lipinski definition) is 1. The summed E-state index contributed by atoms with van der Waals surface area (Å²) in [5.41, 5.74) is 3.55. The van der Waals surface area contributed by atoms with Gasteiger partial charge in [0.05, 0.1) is 25.3 Å². The summed E-state index contributed by atoms with van der Waals surface area (Å²) in [6, 6.07) is 12.6. The molecule has 0 aliphatic rings. The second-order valence-corrected chi connectivity index (χ2v) is 5.44. The van der Waals surface area contributed by atoms with Crippen molar-refractivity contribution >= 4 is 21.8 Å². The van der Waals surface area contributed by atoms with Crippen molar-refractivity contribution in [3.05, 3.63) is 42.0 Å². The summed E-state index contributed by atoms with van der Waals surface area (Å²) >= 11 is 0. The third-order valence-corrected chi connectivity index (χ3v) is 4.02. The Morgan fingerprint density at radius 1 is 0.913 bits per heavy atom. The number of H-pyrrole nitrogens is 1. The Morgan fingerprint density at radius 3 is 2.57 bits per heavy atom. The van der Waals surface area contributed by atoms with E-state index in [0.29, 0.717) is 26.4 Å². The van der Waals surface area contributed by atoms with Gasteiger partial charge in [-0.3, -0.25) is 0 Å². The molecule has 0 radical (unpaired) electrons. The Kier molecular flexibility index (Phi) is 5.16. The van der Waals surface area contributed by atoms with Crippen LogP contribution in [0.2, 0.25) is 0 Å². The zero-order chi connectivity index (χ0) is 16.1. The number of methoxy groups -OCH3 is 1. The monoisotopic (exact) mass is 313 g/mol. The van der Waals surface area contributed by atoms with Crippen molar-refractivity contribution in [1.29, 1.82) is 0 Å². The van der Waals surface area contributed by atoms with Gasteiger partial charge in [-0.25, -0.2) is 0 Å². The van der Waals surface area contributed by atoms with E-state index in [-0.39, 0.29) is 0 Å². The summed E-state index contributed by atoms with van der Waals surface area (Å²) in [7, 11) is 1.67. The van der Waals surface area contributed by atoms with Crippen molar-refractivity contribution in [3.63, 3.8) is 0 Å². The molecule has 23 heavy (non-hydrogen) atoms. The van der Waals surface area contributed by atoms with Crippen LogP contribution in [0.1, 0.15) is 12.5 Å². The number of rotatable bonds is 8. The van der Waals surface area contributed by atoms with Crippen LogP contribution in [-0.2, 0) is 15.9 Å². The van der Waals surface area contributed by atoms with Crippen molar-refractivity contribution < 1.29 is 14.2 Å². The molecule has 0 bridgehead atoms. The first kappa shape index (κ1) is 15.8. The fourth-order valence-electron chi connectivity index (χ4n) is 2.90. The first-order valence-corrected chi connectivity index (χ1v) is 8.07. The molecule has 1 heterocycles. The van der Waals surface area contributed by atoms with Gasteiger partial charge in [-0.1, -0.05) is 25.1 Å². The molecule has 122 valence electrons. The average molecular weight is 313 g/mol. The van der Waals surface area contributed by atoms with Crippen molar-refractivity contribution in [2.45, 2.75) is 13.3 Å². The molecule has 0 atom stereocenters. The SMILES string of the molecule is CCc1c(OCCOCCOC)ccc2c1[nH]c1ccccc12. The van der Waals surface area contributed by atoms with E-state index in [1.807, 2.05) is 0 Å². The number of aromatic amines is 1. The second-order valence-electron chi connectivity index (χ2n) is 5.44. The summed E-state index contributed by atoms with van der Waals surface area (Å²) in [5.74, 6) is 0.932. The third kappa shape index (κ3) is 3.33. The molecule has 1 N–H and O–H groups in total. The highest BCUT2D eigenvalue weighted by Gasteiger charge is 2.11. The molecule has 0 amide bonds. The topological polar surface area (TPSA) is 43.5 Å². The molecule has 3 aromatic rings. The Labute approximate surface area is 136 Å². The van der Waals surface area contributed by atoms with E-state index in [1.54, 1.807) is 7.11 Å². The number of fused-ring (bicyclic) bond motifs is 3. The molecule has 4 heteroatoms. The largest absolute Gasteiger partial charge is 0.491 e. The lowest BCUT2D eigenvalue weighted by atomic mass is 10.1. The lowest BCUT2D eigenvalue weighted by Crippen LogP contribution is -2.10. The van der Waals surface area contributed by atoms with Gasteiger partial charge < -0.3 is 19.2 Å². The van der Waals surface area contributed by atoms with Crippen molar-refractivity contribution in [1.82, 2.24) is 4.98 Å². The Morgan fingerprint density at radius 2 is 1.74 bits per heavy atom. The van der Waals surface area contributed by atoms with Crippen LogP contribution in [-0.4, -0.2) is 38.5 Å². The molecule has 1 aromatic heterocycles. The molecule has 3 rings (SSSR count). The van der Waals surface area contributed by atoms with Gasteiger partial charge in [0.25, 0.3) is 0 Å². The van der Waals surface area contributed by atoms with Gasteiger partial charge in [0.2, 0.25) is 0 Å². The quantitative estimate of drug-likeness (QED) is 0.641. The molecule has 4 nitrogen and oxygen atoms in total. The van der Waals surface area contributed by atoms with Crippen molar-refractivity contribution in [2.75, 3.05) is 33.5 Å². The Bertz CT molecular complexity index is 779. The van der Waals surface area contributed by atoms with Crippen molar-refractivity contribution in [3.8, 4) is 5.75 Å². The van der Waals surface area contributed by atoms with Crippen LogP contribution in [0.25, 0.3) is 21.8 Å². The standard InChI is InChI=1S/C19H23NO3/c1-3-14-18(23-13-12-22-11-10-21-2)9-8-16-15-6-4-5-7-17(15)20-19(14)16/h4-9,20H,3,10-13H2,1-2H3. The van der Waals surface area contributed by atoms with Crippen molar-refractivity contribution in [2.24, 2.45) is 0 Å². The van der Waals surface area contributed by atoms with Gasteiger partial charge >= 0.3 is 0 Å². The maximum atomic E-state index is 5.93. The summed E-state index contributed by atoms with van der Waals surface area (Å²) in [6.45, 7) is 4.48. The zero-order valence-corrected chi connectivity index (χ0v) is 13.7. The maximum absolute atomic E-state index is 5.93. The third-order valence-electron chi connectivity index (χ3n) is 4.02. The minimum atomic E-state index is 0.544. The fraction of sp³-hybridized carbons (Fsp3) is 0.368. The smallest absolute Gasteiger partial charge is 0.124 e. The highest BCUT2D eigenvalue weighted by atomic mass is 16.5. The molecule has 0 fully saturated rings. The molecule has 0 unspecified atom stereocenters. The van der Waals surface area contributed by atoms with Gasteiger partial charge in [0, 0.05) is 29.0 Å². The molecular formula is C19H23NO3. The average Bonchev–Trinajstić information content (AvgIpc) is 2.96. The normalized spacial score (nSPS) is 11.4. The number of para-hydroxylation sites is 1. The summed E-state index contributed by atoms with van der Waals surface area (Å²) in [5, 5.41) is 2.51. The van der Waals surface area contributed by atoms with Gasteiger partial charge in [-0.15, -0.1) is 0 Å². The van der Waals surface area contributed by atoms with E-state index in [2.05, 4.69) is 48.3 Å². The predicted molar refractivity (Wildman–Crippen MR) is 93.4 cm³/mol. The van der Waals surface area contributed by atoms with Gasteiger partial charge in [0.1, 0.15) is 12.4 Å². The minimum Gasteiger partial charge on any atom is -0.491 e. The van der Waals surface area contributed by atoms with Crippen LogP contribution in [0.15, 0.2) is 36.4 Å². The fourth-order valence-corrected chi connectivity index (χ4v) is 2.90. The van der Waals surface area contributed by atoms with Crippen LogP contribution in [0, 0.1) is 0 Å². The van der Waals surface area contributed by atoms with E-state index >= 15 is 0 Å².